The van der Waals surface area contributed by atoms with Crippen LogP contribution in [-0.4, -0.2) is 31.3 Å². The number of hydrogen-bond donors (Lipinski definition) is 1. The van der Waals surface area contributed by atoms with E-state index < -0.39 is 0 Å². The molecule has 3 heteroatoms. The van der Waals surface area contributed by atoms with Crippen molar-refractivity contribution in [3.63, 3.8) is 0 Å². The van der Waals surface area contributed by atoms with Crippen LogP contribution in [0.5, 0.6) is 0 Å². The van der Waals surface area contributed by atoms with E-state index >= 15 is 0 Å². The van der Waals surface area contributed by atoms with Gasteiger partial charge in [0.2, 0.25) is 0 Å². The van der Waals surface area contributed by atoms with Crippen LogP contribution in [0, 0.1) is 5.92 Å². The number of fused-ring (bicyclic) bond motifs is 1. The SMILES string of the molecule is CC(C)C1CN(CCOC(C)(C)C)c2ccccc2CN1. The summed E-state index contributed by atoms with van der Waals surface area (Å²) >= 11 is 0. The highest BCUT2D eigenvalue weighted by Crippen LogP contribution is 2.24. The molecule has 0 saturated carbocycles. The van der Waals surface area contributed by atoms with Crippen LogP contribution in [0.3, 0.4) is 0 Å². The van der Waals surface area contributed by atoms with Crippen LogP contribution in [-0.2, 0) is 11.3 Å². The number of anilines is 1. The first-order valence-electron chi connectivity index (χ1n) is 8.07. The maximum atomic E-state index is 5.92. The van der Waals surface area contributed by atoms with Gasteiger partial charge in [0.05, 0.1) is 12.2 Å². The lowest BCUT2D eigenvalue weighted by atomic mass is 10.0. The molecule has 1 aromatic rings. The Labute approximate surface area is 129 Å². The van der Waals surface area contributed by atoms with E-state index in [1.54, 1.807) is 0 Å². The van der Waals surface area contributed by atoms with Crippen molar-refractivity contribution in [3.05, 3.63) is 29.8 Å². The van der Waals surface area contributed by atoms with Crippen molar-refractivity contribution < 1.29 is 4.74 Å². The molecule has 0 aliphatic carbocycles. The van der Waals surface area contributed by atoms with Crippen LogP contribution >= 0.6 is 0 Å². The third-order valence-electron chi connectivity index (χ3n) is 4.01. The van der Waals surface area contributed by atoms with Gasteiger partial charge in [-0.3, -0.25) is 0 Å². The molecule has 0 amide bonds. The van der Waals surface area contributed by atoms with Crippen LogP contribution in [0.1, 0.15) is 40.2 Å². The number of para-hydroxylation sites is 1. The Morgan fingerprint density at radius 1 is 1.29 bits per heavy atom. The summed E-state index contributed by atoms with van der Waals surface area (Å²) in [5.41, 5.74) is 2.67. The van der Waals surface area contributed by atoms with Gasteiger partial charge in [0.25, 0.3) is 0 Å². The van der Waals surface area contributed by atoms with Crippen LogP contribution in [0.25, 0.3) is 0 Å². The van der Waals surface area contributed by atoms with Crippen molar-refractivity contribution in [2.24, 2.45) is 5.92 Å². The first-order valence-corrected chi connectivity index (χ1v) is 8.07. The minimum Gasteiger partial charge on any atom is -0.374 e. The van der Waals surface area contributed by atoms with Crippen molar-refractivity contribution in [2.45, 2.75) is 52.8 Å². The molecule has 1 aliphatic rings. The fourth-order valence-electron chi connectivity index (χ4n) is 2.73. The fourth-order valence-corrected chi connectivity index (χ4v) is 2.73. The summed E-state index contributed by atoms with van der Waals surface area (Å²) in [6.07, 6.45) is 0. The Morgan fingerprint density at radius 2 is 2.00 bits per heavy atom. The largest absolute Gasteiger partial charge is 0.374 e. The summed E-state index contributed by atoms with van der Waals surface area (Å²) in [4.78, 5) is 2.48. The van der Waals surface area contributed by atoms with Crippen LogP contribution in [0.2, 0.25) is 0 Å². The summed E-state index contributed by atoms with van der Waals surface area (Å²) in [6, 6.07) is 9.23. The average Bonchev–Trinajstić information content (AvgIpc) is 2.58. The lowest BCUT2D eigenvalue weighted by Gasteiger charge is -2.30. The molecule has 0 bridgehead atoms. The number of ether oxygens (including phenoxy) is 1. The zero-order chi connectivity index (χ0) is 15.5. The van der Waals surface area contributed by atoms with E-state index in [0.29, 0.717) is 12.0 Å². The van der Waals surface area contributed by atoms with Crippen molar-refractivity contribution in [2.75, 3.05) is 24.6 Å². The molecule has 21 heavy (non-hydrogen) atoms. The molecular weight excluding hydrogens is 260 g/mol. The number of nitrogens with one attached hydrogen (secondary N) is 1. The smallest absolute Gasteiger partial charge is 0.0648 e. The summed E-state index contributed by atoms with van der Waals surface area (Å²) in [6.45, 7) is 14.6. The van der Waals surface area contributed by atoms with Gasteiger partial charge in [-0.05, 0) is 38.3 Å². The monoisotopic (exact) mass is 290 g/mol. The van der Waals surface area contributed by atoms with Gasteiger partial charge in [-0.25, -0.2) is 0 Å². The molecule has 0 spiro atoms. The Bertz CT molecular complexity index is 451. The van der Waals surface area contributed by atoms with Crippen LogP contribution in [0.4, 0.5) is 5.69 Å². The minimum atomic E-state index is -0.0684. The van der Waals surface area contributed by atoms with Gasteiger partial charge in [-0.2, -0.15) is 0 Å². The molecule has 2 rings (SSSR count). The molecule has 1 atom stereocenters. The number of benzene rings is 1. The lowest BCUT2D eigenvalue weighted by molar-refractivity contribution is 0.00124. The van der Waals surface area contributed by atoms with Gasteiger partial charge < -0.3 is 15.0 Å². The van der Waals surface area contributed by atoms with Gasteiger partial charge in [-0.15, -0.1) is 0 Å². The Morgan fingerprint density at radius 3 is 2.67 bits per heavy atom. The quantitative estimate of drug-likeness (QED) is 0.919. The molecule has 1 heterocycles. The minimum absolute atomic E-state index is 0.0684. The maximum absolute atomic E-state index is 5.92. The second-order valence-corrected chi connectivity index (χ2v) is 7.27. The van der Waals surface area contributed by atoms with Crippen molar-refractivity contribution in [1.82, 2.24) is 5.32 Å². The molecule has 1 aliphatic heterocycles. The molecule has 0 radical (unpaired) electrons. The van der Waals surface area contributed by atoms with Gasteiger partial charge in [0.15, 0.2) is 0 Å². The predicted octanol–water partition coefficient (Wildman–Crippen LogP) is 3.44. The summed E-state index contributed by atoms with van der Waals surface area (Å²) in [5.74, 6) is 0.630. The molecule has 118 valence electrons. The van der Waals surface area contributed by atoms with Gasteiger partial charge in [0.1, 0.15) is 0 Å². The topological polar surface area (TPSA) is 24.5 Å². The predicted molar refractivity (Wildman–Crippen MR) is 89.8 cm³/mol. The number of hydrogen-bond acceptors (Lipinski definition) is 3. The van der Waals surface area contributed by atoms with Gasteiger partial charge in [-0.1, -0.05) is 32.0 Å². The molecule has 1 N–H and O–H groups in total. The average molecular weight is 290 g/mol. The molecule has 0 aromatic heterocycles. The van der Waals surface area contributed by atoms with E-state index in [1.807, 2.05) is 0 Å². The first-order chi connectivity index (χ1) is 9.87. The second kappa shape index (κ2) is 6.80. The molecule has 1 unspecified atom stereocenters. The third-order valence-corrected chi connectivity index (χ3v) is 4.01. The molecule has 0 fully saturated rings. The summed E-state index contributed by atoms with van der Waals surface area (Å²) < 4.78 is 5.92. The summed E-state index contributed by atoms with van der Waals surface area (Å²) in [5, 5.41) is 3.69. The third kappa shape index (κ3) is 4.72. The van der Waals surface area contributed by atoms with Crippen LogP contribution in [0.15, 0.2) is 24.3 Å². The Balaban J connectivity index is 2.10. The highest BCUT2D eigenvalue weighted by molar-refractivity contribution is 5.54. The normalized spacial score (nSPS) is 19.5. The van der Waals surface area contributed by atoms with Gasteiger partial charge in [0, 0.05) is 31.4 Å². The van der Waals surface area contributed by atoms with E-state index in [2.05, 4.69) is 69.1 Å². The highest BCUT2D eigenvalue weighted by atomic mass is 16.5. The van der Waals surface area contributed by atoms with E-state index in [1.165, 1.54) is 11.3 Å². The van der Waals surface area contributed by atoms with Gasteiger partial charge >= 0.3 is 0 Å². The second-order valence-electron chi connectivity index (χ2n) is 7.27. The molecular formula is C18H30N2O. The van der Waals surface area contributed by atoms with Crippen molar-refractivity contribution >= 4 is 5.69 Å². The maximum Gasteiger partial charge on any atom is 0.0648 e. The lowest BCUT2D eigenvalue weighted by Crippen LogP contribution is -2.43. The highest BCUT2D eigenvalue weighted by Gasteiger charge is 2.23. The summed E-state index contributed by atoms with van der Waals surface area (Å²) in [7, 11) is 0. The van der Waals surface area contributed by atoms with E-state index in [4.69, 9.17) is 4.74 Å². The van der Waals surface area contributed by atoms with Crippen molar-refractivity contribution in [1.29, 1.82) is 0 Å². The first kappa shape index (κ1) is 16.3. The fraction of sp³-hybridized carbons (Fsp3) is 0.667. The zero-order valence-corrected chi connectivity index (χ0v) is 14.1. The Kier molecular flexibility index (Phi) is 5.28. The van der Waals surface area contributed by atoms with E-state index in [9.17, 15) is 0 Å². The van der Waals surface area contributed by atoms with Crippen LogP contribution < -0.4 is 10.2 Å². The molecule has 3 nitrogen and oxygen atoms in total. The van der Waals surface area contributed by atoms with E-state index in [0.717, 1.165) is 26.2 Å². The molecule has 1 aromatic carbocycles. The molecule has 0 saturated heterocycles. The number of nitrogens with zero attached hydrogens (tertiary/aromatic N) is 1. The standard InChI is InChI=1S/C18H30N2O/c1-14(2)16-13-20(10-11-21-18(3,4)5)17-9-7-6-8-15(17)12-19-16/h6-9,14,16,19H,10-13H2,1-5H3. The van der Waals surface area contributed by atoms with E-state index in [-0.39, 0.29) is 5.60 Å². The Hall–Kier alpha value is -1.06. The zero-order valence-electron chi connectivity index (χ0n) is 14.1. The van der Waals surface area contributed by atoms with Crippen molar-refractivity contribution in [3.8, 4) is 0 Å². The number of rotatable bonds is 4.